The number of nitrogens with one attached hydrogen (secondary N) is 5. The molecule has 0 bridgehead atoms. The van der Waals surface area contributed by atoms with Crippen LogP contribution < -0.4 is 21.3 Å². The minimum atomic E-state index is -1.05. The second-order valence-electron chi connectivity index (χ2n) is 15.0. The molecule has 1 aliphatic heterocycles. The van der Waals surface area contributed by atoms with Crippen molar-refractivity contribution in [1.82, 2.24) is 36.1 Å². The number of hydrogen-bond acceptors (Lipinski definition) is 10. The Balaban J connectivity index is 1.42. The number of H-pyrrole nitrogens is 1. The molecule has 2 heterocycles. The highest BCUT2D eigenvalue weighted by molar-refractivity contribution is 7.99. The lowest BCUT2D eigenvalue weighted by molar-refractivity contribution is -0.130. The molecule has 294 valence electrons. The number of imidazole rings is 1. The van der Waals surface area contributed by atoms with Gasteiger partial charge in [0, 0.05) is 56.7 Å². The summed E-state index contributed by atoms with van der Waals surface area (Å²) in [5.74, 6) is -0.337. The van der Waals surface area contributed by atoms with Gasteiger partial charge >= 0.3 is 6.09 Å². The third-order valence-electron chi connectivity index (χ3n) is 9.38. The van der Waals surface area contributed by atoms with Crippen LogP contribution in [0.25, 0.3) is 0 Å². The fourth-order valence-corrected chi connectivity index (χ4v) is 7.48. The number of nitrogens with zero attached hydrogens (tertiary/aromatic N) is 2. The van der Waals surface area contributed by atoms with Crippen LogP contribution in [0.2, 0.25) is 0 Å². The summed E-state index contributed by atoms with van der Waals surface area (Å²) in [6.45, 7) is 9.65. The molecule has 0 radical (unpaired) electrons. The SMILES string of the molecule is CC(C)(C)OC(=O)N[C@@H](Cc1ccccc1)C(=O)N[C@@H](Cc1cnc[nH]1)C(=O)N[C@@H](CC1CCCCC1)[C@@H](O)CSCC(=O)NCCN1CCOCC1. The lowest BCUT2D eigenvalue weighted by Crippen LogP contribution is -2.58. The molecule has 53 heavy (non-hydrogen) atoms. The van der Waals surface area contributed by atoms with Crippen molar-refractivity contribution in [2.75, 3.05) is 50.9 Å². The minimum absolute atomic E-state index is 0.101. The van der Waals surface area contributed by atoms with Gasteiger partial charge in [0.1, 0.15) is 17.7 Å². The number of ether oxygens (including phenoxy) is 2. The highest BCUT2D eigenvalue weighted by Gasteiger charge is 2.32. The smallest absolute Gasteiger partial charge is 0.408 e. The molecule has 1 aromatic carbocycles. The maximum atomic E-state index is 14.1. The molecule has 0 spiro atoms. The summed E-state index contributed by atoms with van der Waals surface area (Å²) in [5, 5.41) is 23.1. The van der Waals surface area contributed by atoms with Gasteiger partial charge in [-0.1, -0.05) is 62.4 Å². The largest absolute Gasteiger partial charge is 0.444 e. The van der Waals surface area contributed by atoms with Crippen LogP contribution in [0.3, 0.4) is 0 Å². The van der Waals surface area contributed by atoms with E-state index in [0.717, 1.165) is 50.9 Å². The minimum Gasteiger partial charge on any atom is -0.444 e. The number of aliphatic hydroxyl groups is 1. The lowest BCUT2D eigenvalue weighted by Gasteiger charge is -2.31. The molecule has 1 saturated carbocycles. The van der Waals surface area contributed by atoms with Gasteiger partial charge in [0.25, 0.3) is 0 Å². The van der Waals surface area contributed by atoms with Crippen LogP contribution in [-0.2, 0) is 36.7 Å². The Morgan fingerprint density at radius 2 is 1.70 bits per heavy atom. The van der Waals surface area contributed by atoms with Crippen LogP contribution in [0.15, 0.2) is 42.9 Å². The van der Waals surface area contributed by atoms with Crippen LogP contribution in [-0.4, -0.2) is 125 Å². The number of aliphatic hydroxyl groups excluding tert-OH is 1. The third-order valence-corrected chi connectivity index (χ3v) is 10.4. The molecule has 1 aromatic heterocycles. The summed E-state index contributed by atoms with van der Waals surface area (Å²) in [4.78, 5) is 62.8. The Hall–Kier alpha value is -3.66. The van der Waals surface area contributed by atoms with Crippen LogP contribution >= 0.6 is 11.8 Å². The first kappa shape index (κ1) is 42.1. The van der Waals surface area contributed by atoms with E-state index in [9.17, 15) is 24.3 Å². The predicted octanol–water partition coefficient (Wildman–Crippen LogP) is 2.57. The van der Waals surface area contributed by atoms with E-state index in [1.54, 1.807) is 27.0 Å². The summed E-state index contributed by atoms with van der Waals surface area (Å²) in [7, 11) is 0. The Morgan fingerprint density at radius 1 is 1.00 bits per heavy atom. The molecule has 4 amide bonds. The van der Waals surface area contributed by atoms with E-state index < -0.39 is 47.7 Å². The van der Waals surface area contributed by atoms with Crippen molar-refractivity contribution in [3.8, 4) is 0 Å². The van der Waals surface area contributed by atoms with Gasteiger partial charge in [-0.2, -0.15) is 0 Å². The summed E-state index contributed by atoms with van der Waals surface area (Å²) in [5.41, 5.74) is 0.669. The molecule has 4 atom stereocenters. The topological polar surface area (TPSA) is 187 Å². The number of rotatable bonds is 19. The molecule has 6 N–H and O–H groups in total. The molecular formula is C38H59N7O7S. The quantitative estimate of drug-likeness (QED) is 0.124. The molecule has 1 aliphatic carbocycles. The first-order valence-electron chi connectivity index (χ1n) is 18.9. The normalized spacial score (nSPS) is 17.9. The fraction of sp³-hybridized carbons (Fsp3) is 0.658. The van der Waals surface area contributed by atoms with Crippen molar-refractivity contribution in [3.05, 3.63) is 54.1 Å². The van der Waals surface area contributed by atoms with Gasteiger partial charge in [-0.05, 0) is 38.7 Å². The number of amides is 4. The monoisotopic (exact) mass is 757 g/mol. The van der Waals surface area contributed by atoms with Gasteiger partial charge in [0.2, 0.25) is 17.7 Å². The molecule has 2 fully saturated rings. The van der Waals surface area contributed by atoms with E-state index in [-0.39, 0.29) is 30.3 Å². The van der Waals surface area contributed by atoms with E-state index in [1.165, 1.54) is 24.5 Å². The number of morpholine rings is 1. The summed E-state index contributed by atoms with van der Waals surface area (Å²) < 4.78 is 10.8. The number of aromatic amines is 1. The second kappa shape index (κ2) is 21.9. The molecule has 15 heteroatoms. The summed E-state index contributed by atoms with van der Waals surface area (Å²) >= 11 is 1.33. The van der Waals surface area contributed by atoms with E-state index in [4.69, 9.17) is 9.47 Å². The van der Waals surface area contributed by atoms with E-state index in [1.807, 2.05) is 30.3 Å². The molecule has 14 nitrogen and oxygen atoms in total. The van der Waals surface area contributed by atoms with Crippen LogP contribution in [0.1, 0.15) is 70.6 Å². The number of hydrogen-bond donors (Lipinski definition) is 6. The average molecular weight is 758 g/mol. The van der Waals surface area contributed by atoms with E-state index in [0.29, 0.717) is 37.8 Å². The summed E-state index contributed by atoms with van der Waals surface area (Å²) in [6, 6.07) is 6.60. The van der Waals surface area contributed by atoms with Crippen LogP contribution in [0, 0.1) is 5.92 Å². The number of thioether (sulfide) groups is 1. The molecule has 2 aromatic rings. The van der Waals surface area contributed by atoms with E-state index >= 15 is 0 Å². The molecule has 1 saturated heterocycles. The predicted molar refractivity (Wildman–Crippen MR) is 204 cm³/mol. The van der Waals surface area contributed by atoms with Crippen LogP contribution in [0.4, 0.5) is 4.79 Å². The van der Waals surface area contributed by atoms with Crippen molar-refractivity contribution < 1.29 is 33.8 Å². The van der Waals surface area contributed by atoms with Gasteiger partial charge in [-0.3, -0.25) is 19.3 Å². The maximum absolute atomic E-state index is 14.1. The van der Waals surface area contributed by atoms with Crippen molar-refractivity contribution in [2.45, 2.75) is 102 Å². The molecular weight excluding hydrogens is 699 g/mol. The molecule has 2 aliphatic rings. The fourth-order valence-electron chi connectivity index (χ4n) is 6.60. The number of benzene rings is 1. The first-order valence-corrected chi connectivity index (χ1v) is 20.0. The molecule has 4 rings (SSSR count). The second-order valence-corrected chi connectivity index (χ2v) is 16.0. The van der Waals surface area contributed by atoms with Gasteiger partial charge < -0.3 is 40.8 Å². The maximum Gasteiger partial charge on any atom is 0.408 e. The highest BCUT2D eigenvalue weighted by Crippen LogP contribution is 2.28. The zero-order valence-electron chi connectivity index (χ0n) is 31.4. The van der Waals surface area contributed by atoms with Gasteiger partial charge in [-0.25, -0.2) is 9.78 Å². The first-order chi connectivity index (χ1) is 25.4. The van der Waals surface area contributed by atoms with Crippen molar-refractivity contribution in [1.29, 1.82) is 0 Å². The van der Waals surface area contributed by atoms with Crippen molar-refractivity contribution in [2.24, 2.45) is 5.92 Å². The summed E-state index contributed by atoms with van der Waals surface area (Å²) in [6.07, 6.45) is 7.69. The van der Waals surface area contributed by atoms with E-state index in [2.05, 4.69) is 36.1 Å². The number of aromatic nitrogens is 2. The Morgan fingerprint density at radius 3 is 2.38 bits per heavy atom. The number of carbonyl (C=O) groups excluding carboxylic acids is 4. The standard InChI is InChI=1S/C38H59N7O7S/c1-38(2,3)52-37(50)44-31(21-28-12-8-5-9-13-28)35(48)43-32(22-29-23-39-26-41-29)36(49)42-30(20-27-10-6-4-7-11-27)33(46)24-53-25-34(47)40-14-15-45-16-18-51-19-17-45/h5,8-9,12-13,23,26-27,30-33,46H,4,6-7,10-11,14-22,24-25H2,1-3H3,(H,39,41)(H,40,47)(H,42,49)(H,43,48)(H,44,50)/t30-,31-,32-,33-/m0/s1. The van der Waals surface area contributed by atoms with Crippen LogP contribution in [0.5, 0.6) is 0 Å². The number of carbonyl (C=O) groups is 4. The van der Waals surface area contributed by atoms with Crippen molar-refractivity contribution >= 4 is 35.6 Å². The van der Waals surface area contributed by atoms with Gasteiger partial charge in [0.15, 0.2) is 0 Å². The Labute approximate surface area is 317 Å². The zero-order valence-corrected chi connectivity index (χ0v) is 32.3. The zero-order chi connectivity index (χ0) is 38.1. The molecule has 0 unspecified atom stereocenters. The average Bonchev–Trinajstić information content (AvgIpc) is 3.64. The number of alkyl carbamates (subject to hydrolysis) is 1. The lowest BCUT2D eigenvalue weighted by atomic mass is 9.83. The van der Waals surface area contributed by atoms with Gasteiger partial charge in [-0.15, -0.1) is 11.8 Å². The highest BCUT2D eigenvalue weighted by atomic mass is 32.2. The van der Waals surface area contributed by atoms with Crippen molar-refractivity contribution in [3.63, 3.8) is 0 Å². The van der Waals surface area contributed by atoms with Gasteiger partial charge in [0.05, 0.1) is 37.4 Å². The Kier molecular flexibility index (Phi) is 17.4. The third kappa shape index (κ3) is 16.1. The Bertz CT molecular complexity index is 1400.